The summed E-state index contributed by atoms with van der Waals surface area (Å²) in [4.78, 5) is 19.9. The summed E-state index contributed by atoms with van der Waals surface area (Å²) in [6.45, 7) is 5.38. The van der Waals surface area contributed by atoms with Gasteiger partial charge in [-0.15, -0.1) is 0 Å². The number of hydrogen-bond acceptors (Lipinski definition) is 4. The molecule has 1 N–H and O–H groups in total. The zero-order valence-electron chi connectivity index (χ0n) is 10.9. The molecule has 2 aromatic rings. The van der Waals surface area contributed by atoms with Crippen molar-refractivity contribution in [3.8, 4) is 0 Å². The Morgan fingerprint density at radius 3 is 2.58 bits per heavy atom. The van der Waals surface area contributed by atoms with Crippen LogP contribution in [0.25, 0.3) is 11.0 Å². The molecular weight excluding hydrogens is 266 g/mol. The van der Waals surface area contributed by atoms with E-state index in [1.807, 2.05) is 6.07 Å². The van der Waals surface area contributed by atoms with Gasteiger partial charge in [-0.05, 0) is 45.0 Å². The topological polar surface area (TPSA) is 64.1 Å². The number of aromatic nitrogens is 2. The quantitative estimate of drug-likeness (QED) is 0.810. The van der Waals surface area contributed by atoms with E-state index in [9.17, 15) is 4.79 Å². The van der Waals surface area contributed by atoms with Crippen LogP contribution in [-0.4, -0.2) is 21.7 Å². The number of rotatable bonds is 1. The van der Waals surface area contributed by atoms with Crippen molar-refractivity contribution in [3.05, 3.63) is 29.4 Å². The van der Waals surface area contributed by atoms with E-state index in [0.717, 1.165) is 5.39 Å². The highest BCUT2D eigenvalue weighted by atomic mass is 35.5. The number of carbonyl (C=O) groups excluding carboxylic acids is 1. The van der Waals surface area contributed by atoms with Crippen molar-refractivity contribution in [2.75, 3.05) is 5.32 Å². The van der Waals surface area contributed by atoms with Gasteiger partial charge in [0.05, 0.1) is 0 Å². The van der Waals surface area contributed by atoms with Crippen LogP contribution in [0.5, 0.6) is 0 Å². The molecule has 0 atom stereocenters. The van der Waals surface area contributed by atoms with Crippen molar-refractivity contribution in [2.24, 2.45) is 0 Å². The van der Waals surface area contributed by atoms with Gasteiger partial charge in [0, 0.05) is 5.39 Å². The molecule has 19 heavy (non-hydrogen) atoms. The molecule has 1 amide bonds. The fourth-order valence-electron chi connectivity index (χ4n) is 1.45. The van der Waals surface area contributed by atoms with Crippen LogP contribution in [-0.2, 0) is 4.74 Å². The Labute approximate surface area is 116 Å². The zero-order valence-corrected chi connectivity index (χ0v) is 11.7. The van der Waals surface area contributed by atoms with E-state index in [1.54, 1.807) is 39.0 Å². The third-order valence-corrected chi connectivity index (χ3v) is 2.36. The highest BCUT2D eigenvalue weighted by molar-refractivity contribution is 6.29. The second-order valence-corrected chi connectivity index (χ2v) is 5.39. The van der Waals surface area contributed by atoms with Gasteiger partial charge >= 0.3 is 6.09 Å². The van der Waals surface area contributed by atoms with Gasteiger partial charge in [0.2, 0.25) is 0 Å². The smallest absolute Gasteiger partial charge is 0.413 e. The number of nitrogens with one attached hydrogen (secondary N) is 1. The summed E-state index contributed by atoms with van der Waals surface area (Å²) in [6, 6.07) is 6.99. The van der Waals surface area contributed by atoms with Gasteiger partial charge in [-0.3, -0.25) is 5.32 Å². The Morgan fingerprint density at radius 2 is 1.89 bits per heavy atom. The van der Waals surface area contributed by atoms with E-state index >= 15 is 0 Å². The van der Waals surface area contributed by atoms with E-state index in [0.29, 0.717) is 16.6 Å². The molecule has 2 rings (SSSR count). The molecule has 6 heteroatoms. The van der Waals surface area contributed by atoms with Crippen LogP contribution in [0.2, 0.25) is 5.15 Å². The van der Waals surface area contributed by atoms with Crippen molar-refractivity contribution in [1.29, 1.82) is 0 Å². The van der Waals surface area contributed by atoms with Gasteiger partial charge in [0.25, 0.3) is 0 Å². The van der Waals surface area contributed by atoms with Gasteiger partial charge < -0.3 is 4.74 Å². The molecule has 0 unspecified atom stereocenters. The van der Waals surface area contributed by atoms with Crippen molar-refractivity contribution in [1.82, 2.24) is 9.97 Å². The molecule has 2 aromatic heterocycles. The third-order valence-electron chi connectivity index (χ3n) is 2.15. The van der Waals surface area contributed by atoms with Crippen molar-refractivity contribution < 1.29 is 9.53 Å². The molecule has 0 saturated carbocycles. The maximum atomic E-state index is 11.6. The Hall–Kier alpha value is -1.88. The summed E-state index contributed by atoms with van der Waals surface area (Å²) in [5.41, 5.74) is -0.0799. The molecule has 0 spiro atoms. The van der Waals surface area contributed by atoms with Crippen LogP contribution in [0.15, 0.2) is 24.3 Å². The van der Waals surface area contributed by atoms with Gasteiger partial charge in [0.15, 0.2) is 5.65 Å². The van der Waals surface area contributed by atoms with Crippen LogP contribution in [0.3, 0.4) is 0 Å². The first-order valence-corrected chi connectivity index (χ1v) is 6.15. The minimum atomic E-state index is -0.554. The van der Waals surface area contributed by atoms with Crippen molar-refractivity contribution in [3.63, 3.8) is 0 Å². The molecule has 0 aromatic carbocycles. The van der Waals surface area contributed by atoms with Crippen molar-refractivity contribution in [2.45, 2.75) is 26.4 Å². The van der Waals surface area contributed by atoms with Crippen LogP contribution in [0.1, 0.15) is 20.8 Å². The Morgan fingerprint density at radius 1 is 1.21 bits per heavy atom. The molecule has 0 bridgehead atoms. The maximum Gasteiger partial charge on any atom is 0.413 e. The minimum absolute atomic E-state index is 0.356. The summed E-state index contributed by atoms with van der Waals surface area (Å²) < 4.78 is 5.14. The van der Waals surface area contributed by atoms with E-state index < -0.39 is 11.7 Å². The normalized spacial score (nSPS) is 11.4. The van der Waals surface area contributed by atoms with Crippen molar-refractivity contribution >= 4 is 34.5 Å². The molecule has 0 aliphatic carbocycles. The molecule has 100 valence electrons. The van der Waals surface area contributed by atoms with Gasteiger partial charge in [-0.25, -0.2) is 14.8 Å². The van der Waals surface area contributed by atoms with E-state index in [1.165, 1.54) is 0 Å². The lowest BCUT2D eigenvalue weighted by atomic mass is 10.2. The molecule has 0 radical (unpaired) electrons. The summed E-state index contributed by atoms with van der Waals surface area (Å²) in [5, 5.41) is 3.76. The molecule has 0 aliphatic heterocycles. The SMILES string of the molecule is CC(C)(C)OC(=O)Nc1ccc2ccc(Cl)nc2n1. The predicted molar refractivity (Wildman–Crippen MR) is 74.4 cm³/mol. The second kappa shape index (κ2) is 5.01. The Balaban J connectivity index is 2.19. The molecule has 0 saturated heterocycles. The Kier molecular flexibility index (Phi) is 3.57. The van der Waals surface area contributed by atoms with Gasteiger partial charge in [-0.1, -0.05) is 11.6 Å². The number of amides is 1. The average molecular weight is 280 g/mol. The Bertz CT molecular complexity index is 623. The zero-order chi connectivity index (χ0) is 14.0. The standard InChI is InChI=1S/C13H14ClN3O2/c1-13(2,3)19-12(18)17-10-7-5-8-4-6-9(14)15-11(8)16-10/h4-7H,1-3H3,(H,15,16,17,18). The molecular formula is C13H14ClN3O2. The predicted octanol–water partition coefficient (Wildman–Crippen LogP) is 3.63. The summed E-state index contributed by atoms with van der Waals surface area (Å²) in [6.07, 6.45) is -0.554. The fraction of sp³-hybridized carbons (Fsp3) is 0.308. The van der Waals surface area contributed by atoms with E-state index in [2.05, 4.69) is 15.3 Å². The lowest BCUT2D eigenvalue weighted by molar-refractivity contribution is 0.0635. The third kappa shape index (κ3) is 3.79. The van der Waals surface area contributed by atoms with Crippen LogP contribution in [0.4, 0.5) is 10.6 Å². The lowest BCUT2D eigenvalue weighted by Gasteiger charge is -2.19. The first kappa shape index (κ1) is 13.5. The highest BCUT2D eigenvalue weighted by Crippen LogP contribution is 2.17. The average Bonchev–Trinajstić information content (AvgIpc) is 2.25. The number of fused-ring (bicyclic) bond motifs is 1. The highest BCUT2D eigenvalue weighted by Gasteiger charge is 2.16. The lowest BCUT2D eigenvalue weighted by Crippen LogP contribution is -2.27. The number of pyridine rings is 2. The molecule has 2 heterocycles. The summed E-state index contributed by atoms with van der Waals surface area (Å²) in [5.74, 6) is 0.372. The van der Waals surface area contributed by atoms with Crippen LogP contribution in [0, 0.1) is 0 Å². The minimum Gasteiger partial charge on any atom is -0.444 e. The number of carbonyl (C=O) groups is 1. The second-order valence-electron chi connectivity index (χ2n) is 5.00. The van der Waals surface area contributed by atoms with Gasteiger partial charge in [-0.2, -0.15) is 0 Å². The summed E-state index contributed by atoms with van der Waals surface area (Å²) >= 11 is 5.80. The number of hydrogen-bond donors (Lipinski definition) is 1. The number of anilines is 1. The van der Waals surface area contributed by atoms with E-state index in [-0.39, 0.29) is 0 Å². The summed E-state index contributed by atoms with van der Waals surface area (Å²) in [7, 11) is 0. The first-order chi connectivity index (χ1) is 8.83. The van der Waals surface area contributed by atoms with E-state index in [4.69, 9.17) is 16.3 Å². The number of halogens is 1. The fourth-order valence-corrected chi connectivity index (χ4v) is 1.60. The number of ether oxygens (including phenoxy) is 1. The number of nitrogens with zero attached hydrogens (tertiary/aromatic N) is 2. The van der Waals surface area contributed by atoms with Gasteiger partial charge in [0.1, 0.15) is 16.6 Å². The molecule has 0 aliphatic rings. The van der Waals surface area contributed by atoms with Crippen LogP contribution < -0.4 is 5.32 Å². The molecule has 0 fully saturated rings. The maximum absolute atomic E-state index is 11.6. The first-order valence-electron chi connectivity index (χ1n) is 5.77. The monoisotopic (exact) mass is 279 g/mol. The molecule has 5 nitrogen and oxygen atoms in total. The largest absolute Gasteiger partial charge is 0.444 e. The van der Waals surface area contributed by atoms with Crippen LogP contribution >= 0.6 is 11.6 Å².